The Morgan fingerprint density at radius 3 is 1.85 bits per heavy atom. The molecule has 0 aromatic rings. The number of hydrogen-bond donors (Lipinski definition) is 5. The van der Waals surface area contributed by atoms with Gasteiger partial charge in [0, 0.05) is 31.1 Å². The van der Waals surface area contributed by atoms with Crippen LogP contribution in [0.4, 0.5) is 0 Å². The first-order valence-corrected chi connectivity index (χ1v) is 24.6. The van der Waals surface area contributed by atoms with Gasteiger partial charge in [-0.05, 0) is 31.6 Å². The van der Waals surface area contributed by atoms with Gasteiger partial charge in [0.05, 0.1) is 32.0 Å². The summed E-state index contributed by atoms with van der Waals surface area (Å²) in [7, 11) is -4.68. The van der Waals surface area contributed by atoms with Crippen molar-refractivity contribution in [3.8, 4) is 0 Å². The minimum atomic E-state index is -4.68. The zero-order chi connectivity index (χ0) is 43.7. The first-order chi connectivity index (χ1) is 28.3. The maximum atomic E-state index is 12.7. The molecule has 1 aliphatic carbocycles. The molecular formula is C45H83O13P. The molecule has 346 valence electrons. The molecule has 1 fully saturated rings. The van der Waals surface area contributed by atoms with Crippen LogP contribution in [-0.4, -0.2) is 93.9 Å². The van der Waals surface area contributed by atoms with Crippen LogP contribution in [-0.2, 0) is 37.5 Å². The number of rotatable bonds is 39. The maximum Gasteiger partial charge on any atom is 0.472 e. The zero-order valence-electron chi connectivity index (χ0n) is 36.9. The zero-order valence-corrected chi connectivity index (χ0v) is 37.8. The van der Waals surface area contributed by atoms with Gasteiger partial charge in [0.25, 0.3) is 0 Å². The highest BCUT2D eigenvalue weighted by atomic mass is 31.2. The molecule has 0 spiro atoms. The number of ketones is 1. The smallest absolute Gasteiger partial charge is 0.462 e. The molecule has 1 aliphatic rings. The van der Waals surface area contributed by atoms with Gasteiger partial charge in [0.2, 0.25) is 0 Å². The third-order valence-electron chi connectivity index (χ3n) is 11.0. The van der Waals surface area contributed by atoms with Crippen LogP contribution in [0.15, 0.2) is 12.2 Å². The Balaban J connectivity index is 2.41. The molecule has 0 aromatic carbocycles. The molecule has 0 bridgehead atoms. The summed E-state index contributed by atoms with van der Waals surface area (Å²) in [5, 5.41) is 39.1. The monoisotopic (exact) mass is 863 g/mol. The van der Waals surface area contributed by atoms with Gasteiger partial charge in [-0.2, -0.15) is 0 Å². The van der Waals surface area contributed by atoms with Crippen LogP contribution in [0.5, 0.6) is 0 Å². The fourth-order valence-electron chi connectivity index (χ4n) is 7.37. The van der Waals surface area contributed by atoms with Crippen molar-refractivity contribution in [2.45, 2.75) is 212 Å². The number of unbranched alkanes of at least 4 members (excludes halogenated alkanes) is 17. The van der Waals surface area contributed by atoms with E-state index < -0.39 is 64.0 Å². The second-order valence-electron chi connectivity index (χ2n) is 17.0. The van der Waals surface area contributed by atoms with Crippen LogP contribution in [0, 0.1) is 17.8 Å². The van der Waals surface area contributed by atoms with E-state index in [2.05, 4.69) is 25.3 Å². The van der Waals surface area contributed by atoms with Crippen molar-refractivity contribution in [3.05, 3.63) is 12.2 Å². The van der Waals surface area contributed by atoms with Gasteiger partial charge in [0.1, 0.15) is 18.5 Å². The summed E-state index contributed by atoms with van der Waals surface area (Å²) in [6, 6.07) is 0. The predicted molar refractivity (Wildman–Crippen MR) is 229 cm³/mol. The van der Waals surface area contributed by atoms with Crippen LogP contribution in [0.1, 0.15) is 188 Å². The number of carbonyl (C=O) groups excluding carboxylic acids is 3. The molecular weight excluding hydrogens is 779 g/mol. The molecule has 1 saturated carbocycles. The number of ether oxygens (including phenoxy) is 2. The average Bonchev–Trinajstić information content (AvgIpc) is 3.47. The molecule has 0 heterocycles. The molecule has 7 atom stereocenters. The van der Waals surface area contributed by atoms with Gasteiger partial charge in [-0.15, -0.1) is 0 Å². The minimum Gasteiger partial charge on any atom is -0.462 e. The van der Waals surface area contributed by atoms with E-state index in [-0.39, 0.29) is 43.5 Å². The SMILES string of the molecule is CCCCC[C@H](O)/C=C/[C@H]1[C@H](O)CC(=O)[C@@H]1CCCCCCC(=O)O[C@H](COC(=O)CCCCCCCCCCCCCCCC(C)C)COP(=O)(O)OC[C@@H](O)CO. The van der Waals surface area contributed by atoms with Crippen LogP contribution >= 0.6 is 7.82 Å². The number of esters is 2. The van der Waals surface area contributed by atoms with E-state index in [0.29, 0.717) is 32.1 Å². The van der Waals surface area contributed by atoms with Gasteiger partial charge in [0.15, 0.2) is 6.10 Å². The molecule has 0 amide bonds. The quantitative estimate of drug-likeness (QED) is 0.0170. The summed E-state index contributed by atoms with van der Waals surface area (Å²) in [6.45, 7) is 4.35. The fraction of sp³-hybridized carbons (Fsp3) is 0.889. The second-order valence-corrected chi connectivity index (χ2v) is 18.5. The summed E-state index contributed by atoms with van der Waals surface area (Å²) < 4.78 is 32.8. The molecule has 1 rings (SSSR count). The topological polar surface area (TPSA) is 206 Å². The van der Waals surface area contributed by atoms with E-state index >= 15 is 0 Å². The van der Waals surface area contributed by atoms with Gasteiger partial charge in [-0.1, -0.05) is 155 Å². The third kappa shape index (κ3) is 30.1. The highest BCUT2D eigenvalue weighted by molar-refractivity contribution is 7.47. The first kappa shape index (κ1) is 55.3. The first-order valence-electron chi connectivity index (χ1n) is 23.1. The van der Waals surface area contributed by atoms with Crippen molar-refractivity contribution >= 4 is 25.5 Å². The molecule has 13 nitrogen and oxygen atoms in total. The van der Waals surface area contributed by atoms with E-state index in [9.17, 15) is 39.2 Å². The summed E-state index contributed by atoms with van der Waals surface area (Å²) in [4.78, 5) is 47.8. The summed E-state index contributed by atoms with van der Waals surface area (Å²) in [6.07, 6.45) is 23.6. The Hall–Kier alpha value is -1.70. The third-order valence-corrected chi connectivity index (χ3v) is 11.9. The molecule has 5 N–H and O–H groups in total. The minimum absolute atomic E-state index is 0.0252. The van der Waals surface area contributed by atoms with Crippen LogP contribution < -0.4 is 0 Å². The van der Waals surface area contributed by atoms with E-state index in [1.54, 1.807) is 12.2 Å². The lowest BCUT2D eigenvalue weighted by Crippen LogP contribution is -2.29. The molecule has 59 heavy (non-hydrogen) atoms. The van der Waals surface area contributed by atoms with Crippen LogP contribution in [0.25, 0.3) is 0 Å². The lowest BCUT2D eigenvalue weighted by molar-refractivity contribution is -0.161. The Morgan fingerprint density at radius 2 is 1.27 bits per heavy atom. The number of carbonyl (C=O) groups is 3. The Bertz CT molecular complexity index is 1160. The average molecular weight is 863 g/mol. The number of aliphatic hydroxyl groups is 4. The highest BCUT2D eigenvalue weighted by Crippen LogP contribution is 2.43. The molecule has 0 aromatic heterocycles. The summed E-state index contributed by atoms with van der Waals surface area (Å²) >= 11 is 0. The highest BCUT2D eigenvalue weighted by Gasteiger charge is 2.39. The number of Topliss-reactive ketones (excluding diaryl/α,β-unsaturated/α-hetero) is 1. The molecule has 0 saturated heterocycles. The van der Waals surface area contributed by atoms with Gasteiger partial charge in [-0.25, -0.2) is 4.57 Å². The van der Waals surface area contributed by atoms with Crippen molar-refractivity contribution in [3.63, 3.8) is 0 Å². The molecule has 0 radical (unpaired) electrons. The van der Waals surface area contributed by atoms with E-state index in [0.717, 1.165) is 57.3 Å². The van der Waals surface area contributed by atoms with Crippen LogP contribution in [0.2, 0.25) is 0 Å². The van der Waals surface area contributed by atoms with Gasteiger partial charge < -0.3 is 34.8 Å². The molecule has 14 heteroatoms. The fourth-order valence-corrected chi connectivity index (χ4v) is 8.16. The number of phosphoric acid groups is 1. The predicted octanol–water partition coefficient (Wildman–Crippen LogP) is 8.84. The van der Waals surface area contributed by atoms with Crippen molar-refractivity contribution < 1.29 is 62.8 Å². The second kappa shape index (κ2) is 34.8. The van der Waals surface area contributed by atoms with Crippen LogP contribution in [0.3, 0.4) is 0 Å². The Kier molecular flexibility index (Phi) is 32.7. The summed E-state index contributed by atoms with van der Waals surface area (Å²) in [5.41, 5.74) is 0. The lowest BCUT2D eigenvalue weighted by Gasteiger charge is -2.20. The largest absolute Gasteiger partial charge is 0.472 e. The number of aliphatic hydroxyl groups excluding tert-OH is 4. The standard InChI is InChI=1S/C45H83O13P/c1-4-5-19-25-37(47)29-30-41-40(42(49)31-43(41)50)26-21-17-18-23-28-45(52)58-39(35-57-59(53,54)56-33-38(48)32-46)34-55-44(51)27-22-16-14-12-10-8-6-7-9-11-13-15-20-24-36(2)3/h29-30,36-41,43,46-48,50H,4-28,31-35H2,1-3H3,(H,53,54)/b30-29+/t37-,38-,39+,40+,41+,43+/m0/s1. The lowest BCUT2D eigenvalue weighted by atomic mass is 9.88. The van der Waals surface area contributed by atoms with Crippen molar-refractivity contribution in [1.29, 1.82) is 0 Å². The van der Waals surface area contributed by atoms with E-state index in [1.165, 1.54) is 64.2 Å². The Labute approximate surface area is 356 Å². The maximum absolute atomic E-state index is 12.7. The molecule has 1 unspecified atom stereocenters. The van der Waals surface area contributed by atoms with Crippen molar-refractivity contribution in [1.82, 2.24) is 0 Å². The molecule has 0 aliphatic heterocycles. The Morgan fingerprint density at radius 1 is 0.746 bits per heavy atom. The van der Waals surface area contributed by atoms with Crippen molar-refractivity contribution in [2.24, 2.45) is 17.8 Å². The van der Waals surface area contributed by atoms with Gasteiger partial charge >= 0.3 is 19.8 Å². The number of phosphoric ester groups is 1. The number of hydrogen-bond acceptors (Lipinski definition) is 12. The summed E-state index contributed by atoms with van der Waals surface area (Å²) in [5.74, 6) is -0.875. The van der Waals surface area contributed by atoms with Gasteiger partial charge in [-0.3, -0.25) is 23.4 Å². The van der Waals surface area contributed by atoms with E-state index in [1.807, 2.05) is 0 Å². The van der Waals surface area contributed by atoms with E-state index in [4.69, 9.17) is 19.1 Å². The normalized spacial score (nSPS) is 19.6. The van der Waals surface area contributed by atoms with Crippen molar-refractivity contribution in [2.75, 3.05) is 26.4 Å².